The Labute approximate surface area is 154 Å². The number of nitrogen functional groups attached to an aromatic ring is 1. The molecule has 3 heterocycles. The van der Waals surface area contributed by atoms with Gasteiger partial charge in [-0.2, -0.15) is 5.10 Å². The Morgan fingerprint density at radius 3 is 2.65 bits per heavy atom. The summed E-state index contributed by atoms with van der Waals surface area (Å²) in [6.45, 7) is 1.97. The van der Waals surface area contributed by atoms with Crippen LogP contribution in [0.1, 0.15) is 5.01 Å². The summed E-state index contributed by atoms with van der Waals surface area (Å²) in [5, 5.41) is 5.88. The average Bonchev–Trinajstić information content (AvgIpc) is 3.21. The van der Waals surface area contributed by atoms with Crippen molar-refractivity contribution in [2.24, 2.45) is 7.05 Å². The van der Waals surface area contributed by atoms with Crippen LogP contribution in [0.2, 0.25) is 0 Å². The van der Waals surface area contributed by atoms with Crippen LogP contribution in [0, 0.1) is 6.92 Å². The predicted molar refractivity (Wildman–Crippen MR) is 103 cm³/mol. The molecular formula is C19H17N5OS. The normalized spacial score (nSPS) is 10.8. The van der Waals surface area contributed by atoms with Crippen molar-refractivity contribution in [3.05, 3.63) is 60.0 Å². The van der Waals surface area contributed by atoms with Crippen molar-refractivity contribution >= 4 is 17.2 Å². The van der Waals surface area contributed by atoms with Crippen LogP contribution < -0.4 is 10.5 Å². The molecule has 7 heteroatoms. The SMILES string of the molecule is Cc1nc(-c2ccccc2)c(Oc2ccnc(N)c2-c2cnn(C)c2)s1. The lowest BCUT2D eigenvalue weighted by molar-refractivity contribution is 0.498. The lowest BCUT2D eigenvalue weighted by Crippen LogP contribution is -1.97. The third-order valence-corrected chi connectivity index (χ3v) is 4.74. The van der Waals surface area contributed by atoms with Crippen LogP contribution in [0.25, 0.3) is 22.4 Å². The second-order valence-electron chi connectivity index (χ2n) is 5.81. The van der Waals surface area contributed by atoms with Crippen molar-refractivity contribution in [2.75, 3.05) is 5.73 Å². The number of anilines is 1. The number of ether oxygens (including phenoxy) is 1. The first-order chi connectivity index (χ1) is 12.6. The fraction of sp³-hybridized carbons (Fsp3) is 0.105. The van der Waals surface area contributed by atoms with Gasteiger partial charge in [-0.25, -0.2) is 9.97 Å². The highest BCUT2D eigenvalue weighted by atomic mass is 32.1. The van der Waals surface area contributed by atoms with E-state index in [-0.39, 0.29) is 0 Å². The molecule has 0 bridgehead atoms. The Morgan fingerprint density at radius 1 is 1.12 bits per heavy atom. The van der Waals surface area contributed by atoms with Crippen LogP contribution >= 0.6 is 11.3 Å². The third-order valence-electron chi connectivity index (χ3n) is 3.89. The van der Waals surface area contributed by atoms with Crippen molar-refractivity contribution in [3.8, 4) is 33.2 Å². The summed E-state index contributed by atoms with van der Waals surface area (Å²) in [6.07, 6.45) is 5.27. The molecule has 0 radical (unpaired) electrons. The molecule has 0 unspecified atom stereocenters. The maximum absolute atomic E-state index is 6.26. The standard InChI is InChI=1S/C19H17N5OS/c1-12-23-17(13-6-4-3-5-7-13)19(26-12)25-15-8-9-21-18(20)16(15)14-10-22-24(2)11-14/h3-11H,1-2H3,(H2,20,21). The Kier molecular flexibility index (Phi) is 4.14. The first-order valence-electron chi connectivity index (χ1n) is 8.06. The molecule has 2 N–H and O–H groups in total. The number of hydrogen-bond donors (Lipinski definition) is 1. The number of nitrogens with two attached hydrogens (primary N) is 1. The van der Waals surface area contributed by atoms with Gasteiger partial charge in [-0.3, -0.25) is 4.68 Å². The first-order valence-corrected chi connectivity index (χ1v) is 8.87. The molecule has 6 nitrogen and oxygen atoms in total. The zero-order valence-electron chi connectivity index (χ0n) is 14.4. The summed E-state index contributed by atoms with van der Waals surface area (Å²) >= 11 is 1.50. The van der Waals surface area contributed by atoms with E-state index in [0.29, 0.717) is 11.6 Å². The molecule has 0 fully saturated rings. The highest BCUT2D eigenvalue weighted by molar-refractivity contribution is 7.13. The van der Waals surface area contributed by atoms with E-state index >= 15 is 0 Å². The van der Waals surface area contributed by atoms with Gasteiger partial charge in [0.15, 0.2) is 0 Å². The number of aryl methyl sites for hydroxylation is 2. The molecule has 0 saturated heterocycles. The molecule has 0 aliphatic carbocycles. The van der Waals surface area contributed by atoms with Gasteiger partial charge in [0.2, 0.25) is 5.06 Å². The maximum atomic E-state index is 6.26. The van der Waals surface area contributed by atoms with Gasteiger partial charge in [0.25, 0.3) is 0 Å². The number of benzene rings is 1. The number of aromatic nitrogens is 4. The van der Waals surface area contributed by atoms with Crippen molar-refractivity contribution in [2.45, 2.75) is 6.92 Å². The van der Waals surface area contributed by atoms with E-state index in [2.05, 4.69) is 15.1 Å². The zero-order chi connectivity index (χ0) is 18.1. The minimum absolute atomic E-state index is 0.401. The van der Waals surface area contributed by atoms with Crippen LogP contribution in [0.4, 0.5) is 5.82 Å². The summed E-state index contributed by atoms with van der Waals surface area (Å²) in [4.78, 5) is 8.84. The van der Waals surface area contributed by atoms with Crippen molar-refractivity contribution in [1.29, 1.82) is 0 Å². The highest BCUT2D eigenvalue weighted by Gasteiger charge is 2.18. The van der Waals surface area contributed by atoms with Gasteiger partial charge in [0.05, 0.1) is 16.8 Å². The van der Waals surface area contributed by atoms with Gasteiger partial charge in [0.1, 0.15) is 17.3 Å². The largest absolute Gasteiger partial charge is 0.443 e. The Bertz CT molecular complexity index is 1050. The molecular weight excluding hydrogens is 346 g/mol. The van der Waals surface area contributed by atoms with Crippen LogP contribution in [-0.2, 0) is 7.05 Å². The van der Waals surface area contributed by atoms with Gasteiger partial charge >= 0.3 is 0 Å². The predicted octanol–water partition coefficient (Wildman–Crippen LogP) is 4.29. The lowest BCUT2D eigenvalue weighted by Gasteiger charge is -2.11. The van der Waals surface area contributed by atoms with Crippen LogP contribution in [0.5, 0.6) is 10.8 Å². The molecule has 4 rings (SSSR count). The van der Waals surface area contributed by atoms with Gasteiger partial charge in [-0.05, 0) is 13.0 Å². The Hall–Kier alpha value is -3.19. The molecule has 0 aliphatic heterocycles. The van der Waals surface area contributed by atoms with Crippen LogP contribution in [0.15, 0.2) is 55.0 Å². The molecule has 26 heavy (non-hydrogen) atoms. The molecule has 0 saturated carbocycles. The van der Waals surface area contributed by atoms with E-state index in [1.807, 2.05) is 56.6 Å². The van der Waals surface area contributed by atoms with Gasteiger partial charge in [-0.1, -0.05) is 41.7 Å². The lowest BCUT2D eigenvalue weighted by atomic mass is 10.1. The topological polar surface area (TPSA) is 78.8 Å². The van der Waals surface area contributed by atoms with Crippen molar-refractivity contribution in [1.82, 2.24) is 19.7 Å². The Morgan fingerprint density at radius 2 is 1.92 bits per heavy atom. The zero-order valence-corrected chi connectivity index (χ0v) is 15.2. The molecule has 0 spiro atoms. The number of nitrogens with zero attached hydrogens (tertiary/aromatic N) is 4. The minimum atomic E-state index is 0.401. The summed E-state index contributed by atoms with van der Waals surface area (Å²) in [7, 11) is 1.86. The molecule has 4 aromatic rings. The average molecular weight is 363 g/mol. The fourth-order valence-corrected chi connectivity index (χ4v) is 3.54. The number of rotatable bonds is 4. The van der Waals surface area contributed by atoms with Crippen LogP contribution in [-0.4, -0.2) is 19.7 Å². The van der Waals surface area contributed by atoms with E-state index in [1.165, 1.54) is 11.3 Å². The van der Waals surface area contributed by atoms with Gasteiger partial charge < -0.3 is 10.5 Å². The van der Waals surface area contributed by atoms with E-state index in [4.69, 9.17) is 10.5 Å². The fourth-order valence-electron chi connectivity index (χ4n) is 2.74. The monoisotopic (exact) mass is 363 g/mol. The van der Waals surface area contributed by atoms with Crippen molar-refractivity contribution in [3.63, 3.8) is 0 Å². The summed E-state index contributed by atoms with van der Waals surface area (Å²) < 4.78 is 7.98. The smallest absolute Gasteiger partial charge is 0.208 e. The first kappa shape index (κ1) is 16.3. The summed E-state index contributed by atoms with van der Waals surface area (Å²) in [5.74, 6) is 1.03. The van der Waals surface area contributed by atoms with E-state index in [0.717, 1.165) is 32.5 Å². The second kappa shape index (κ2) is 6.61. The van der Waals surface area contributed by atoms with E-state index in [9.17, 15) is 0 Å². The molecule has 0 aliphatic rings. The summed E-state index contributed by atoms with van der Waals surface area (Å²) in [6, 6.07) is 11.8. The minimum Gasteiger partial charge on any atom is -0.443 e. The van der Waals surface area contributed by atoms with E-state index in [1.54, 1.807) is 17.1 Å². The van der Waals surface area contributed by atoms with Gasteiger partial charge in [0, 0.05) is 30.6 Å². The number of hydrogen-bond acceptors (Lipinski definition) is 6. The van der Waals surface area contributed by atoms with E-state index < -0.39 is 0 Å². The number of pyridine rings is 1. The molecule has 130 valence electrons. The van der Waals surface area contributed by atoms with Gasteiger partial charge in [-0.15, -0.1) is 0 Å². The van der Waals surface area contributed by atoms with Crippen LogP contribution in [0.3, 0.4) is 0 Å². The highest BCUT2D eigenvalue weighted by Crippen LogP contribution is 2.42. The molecule has 3 aromatic heterocycles. The quantitative estimate of drug-likeness (QED) is 0.585. The number of thiazole rings is 1. The van der Waals surface area contributed by atoms with Crippen molar-refractivity contribution < 1.29 is 4.74 Å². The Balaban J connectivity index is 1.79. The maximum Gasteiger partial charge on any atom is 0.208 e. The molecule has 0 amide bonds. The second-order valence-corrected chi connectivity index (χ2v) is 6.97. The molecule has 0 atom stereocenters. The summed E-state index contributed by atoms with van der Waals surface area (Å²) in [5.41, 5.74) is 9.55. The third kappa shape index (κ3) is 3.04. The molecule has 1 aromatic carbocycles.